The fourth-order valence-electron chi connectivity index (χ4n) is 4.53. The summed E-state index contributed by atoms with van der Waals surface area (Å²) in [5, 5.41) is 1.18. The van der Waals surface area contributed by atoms with Crippen LogP contribution in [0.15, 0.2) is 72.8 Å². The van der Waals surface area contributed by atoms with Crippen LogP contribution in [0.5, 0.6) is 5.75 Å². The molecule has 5 rings (SSSR count). The van der Waals surface area contributed by atoms with Gasteiger partial charge >= 0.3 is 0 Å². The number of carbonyl (C=O) groups is 1. The molecule has 156 valence electrons. The molecule has 1 N–H and O–H groups in total. The number of para-hydroxylation sites is 1. The van der Waals surface area contributed by atoms with E-state index in [0.717, 1.165) is 28.9 Å². The highest BCUT2D eigenvalue weighted by molar-refractivity contribution is 5.95. The minimum atomic E-state index is -0.413. The molecule has 2 heterocycles. The molecule has 0 saturated heterocycles. The molecule has 1 aliphatic heterocycles. The Balaban J connectivity index is 1.66. The highest BCUT2D eigenvalue weighted by Crippen LogP contribution is 2.39. The molecule has 31 heavy (non-hydrogen) atoms. The van der Waals surface area contributed by atoms with Crippen LogP contribution in [-0.2, 0) is 6.42 Å². The van der Waals surface area contributed by atoms with Crippen LogP contribution < -0.4 is 4.74 Å². The number of nitrogens with one attached hydrogen (secondary N) is 1. The van der Waals surface area contributed by atoms with E-state index >= 15 is 0 Å². The van der Waals surface area contributed by atoms with Gasteiger partial charge in [0.15, 0.2) is 0 Å². The Kier molecular flexibility index (Phi) is 4.94. The van der Waals surface area contributed by atoms with E-state index in [1.54, 1.807) is 12.1 Å². The largest absolute Gasteiger partial charge is 0.494 e. The van der Waals surface area contributed by atoms with Gasteiger partial charge in [0.25, 0.3) is 5.91 Å². The average molecular weight is 414 g/mol. The highest BCUT2D eigenvalue weighted by Gasteiger charge is 2.35. The minimum Gasteiger partial charge on any atom is -0.494 e. The molecular formula is C26H23FN2O2. The molecule has 0 saturated carbocycles. The van der Waals surface area contributed by atoms with Crippen LogP contribution >= 0.6 is 0 Å². The van der Waals surface area contributed by atoms with Crippen LogP contribution in [0, 0.1) is 5.82 Å². The van der Waals surface area contributed by atoms with Crippen LogP contribution in [0.4, 0.5) is 4.39 Å². The van der Waals surface area contributed by atoms with Gasteiger partial charge in [0.1, 0.15) is 11.6 Å². The monoisotopic (exact) mass is 414 g/mol. The summed E-state index contributed by atoms with van der Waals surface area (Å²) in [5.74, 6) is 0.168. The molecule has 0 radical (unpaired) electrons. The summed E-state index contributed by atoms with van der Waals surface area (Å²) in [6.07, 6.45) is 0.738. The van der Waals surface area contributed by atoms with Crippen molar-refractivity contribution in [3.8, 4) is 5.75 Å². The maximum atomic E-state index is 13.8. The number of rotatable bonds is 4. The van der Waals surface area contributed by atoms with Crippen molar-refractivity contribution in [1.82, 2.24) is 9.88 Å². The van der Waals surface area contributed by atoms with Crippen LogP contribution in [0.2, 0.25) is 0 Å². The number of aromatic amines is 1. The van der Waals surface area contributed by atoms with Gasteiger partial charge in [-0.2, -0.15) is 0 Å². The van der Waals surface area contributed by atoms with E-state index in [4.69, 9.17) is 4.74 Å². The molecule has 1 atom stereocenters. The van der Waals surface area contributed by atoms with Gasteiger partial charge in [0.2, 0.25) is 0 Å². The Hall–Kier alpha value is -3.60. The topological polar surface area (TPSA) is 45.3 Å². The fraction of sp³-hybridized carbons (Fsp3) is 0.192. The second-order valence-corrected chi connectivity index (χ2v) is 7.73. The minimum absolute atomic E-state index is 0.185. The fourth-order valence-corrected chi connectivity index (χ4v) is 4.53. The average Bonchev–Trinajstić information content (AvgIpc) is 3.17. The Morgan fingerprint density at radius 2 is 1.94 bits per heavy atom. The quantitative estimate of drug-likeness (QED) is 0.480. The third-order valence-corrected chi connectivity index (χ3v) is 5.85. The molecule has 0 spiro atoms. The maximum absolute atomic E-state index is 13.8. The van der Waals surface area contributed by atoms with E-state index in [2.05, 4.69) is 17.1 Å². The first-order valence-corrected chi connectivity index (χ1v) is 10.5. The Labute approximate surface area is 180 Å². The summed E-state index contributed by atoms with van der Waals surface area (Å²) in [5.41, 5.74) is 4.60. The van der Waals surface area contributed by atoms with Crippen LogP contribution in [0.1, 0.15) is 40.1 Å². The maximum Gasteiger partial charge on any atom is 0.254 e. The van der Waals surface area contributed by atoms with Crippen LogP contribution in [-0.4, -0.2) is 28.9 Å². The smallest absolute Gasteiger partial charge is 0.254 e. The Morgan fingerprint density at radius 3 is 2.77 bits per heavy atom. The van der Waals surface area contributed by atoms with Crippen molar-refractivity contribution >= 4 is 16.8 Å². The highest BCUT2D eigenvalue weighted by atomic mass is 19.1. The number of H-pyrrole nitrogens is 1. The first kappa shape index (κ1) is 19.4. The van der Waals surface area contributed by atoms with Gasteiger partial charge in [0, 0.05) is 28.7 Å². The zero-order valence-corrected chi connectivity index (χ0v) is 17.3. The lowest BCUT2D eigenvalue weighted by Crippen LogP contribution is -2.40. The van der Waals surface area contributed by atoms with E-state index in [-0.39, 0.29) is 11.9 Å². The number of halogens is 1. The Morgan fingerprint density at radius 1 is 1.10 bits per heavy atom. The van der Waals surface area contributed by atoms with Gasteiger partial charge in [0.05, 0.1) is 12.6 Å². The molecule has 0 fully saturated rings. The van der Waals surface area contributed by atoms with Crippen molar-refractivity contribution in [3.63, 3.8) is 0 Å². The van der Waals surface area contributed by atoms with Crippen molar-refractivity contribution in [3.05, 3.63) is 101 Å². The predicted octanol–water partition coefficient (Wildman–Crippen LogP) is 5.49. The van der Waals surface area contributed by atoms with Gasteiger partial charge in [-0.3, -0.25) is 4.79 Å². The number of benzene rings is 3. The van der Waals surface area contributed by atoms with Gasteiger partial charge < -0.3 is 14.6 Å². The SMILES string of the molecule is CCOc1cccc([C@@H]2c3[nH]c4ccccc4c3CCN2C(=O)c2cccc(F)c2)c1. The molecule has 1 aromatic heterocycles. The summed E-state index contributed by atoms with van der Waals surface area (Å²) >= 11 is 0. The molecule has 4 nitrogen and oxygen atoms in total. The lowest BCUT2D eigenvalue weighted by atomic mass is 9.91. The van der Waals surface area contributed by atoms with E-state index in [0.29, 0.717) is 18.7 Å². The van der Waals surface area contributed by atoms with Gasteiger partial charge in [-0.05, 0) is 60.9 Å². The second-order valence-electron chi connectivity index (χ2n) is 7.73. The van der Waals surface area contributed by atoms with E-state index in [1.165, 1.54) is 23.1 Å². The Bertz CT molecular complexity index is 1260. The lowest BCUT2D eigenvalue weighted by Gasteiger charge is -2.36. The first-order chi connectivity index (χ1) is 15.2. The molecule has 0 unspecified atom stereocenters. The van der Waals surface area contributed by atoms with Crippen LogP contribution in [0.3, 0.4) is 0 Å². The number of aromatic nitrogens is 1. The first-order valence-electron chi connectivity index (χ1n) is 10.5. The molecule has 1 aliphatic rings. The molecule has 4 aromatic rings. The van der Waals surface area contributed by atoms with Gasteiger partial charge in [-0.1, -0.05) is 36.4 Å². The van der Waals surface area contributed by atoms with E-state index in [9.17, 15) is 9.18 Å². The van der Waals surface area contributed by atoms with Crippen molar-refractivity contribution in [2.45, 2.75) is 19.4 Å². The summed E-state index contributed by atoms with van der Waals surface area (Å²) in [7, 11) is 0. The summed E-state index contributed by atoms with van der Waals surface area (Å²) in [6.45, 7) is 3.06. The third kappa shape index (κ3) is 3.46. The van der Waals surface area contributed by atoms with Crippen molar-refractivity contribution < 1.29 is 13.9 Å². The zero-order chi connectivity index (χ0) is 21.4. The second kappa shape index (κ2) is 7.91. The molecule has 5 heteroatoms. The van der Waals surface area contributed by atoms with Crippen molar-refractivity contribution in [2.24, 2.45) is 0 Å². The van der Waals surface area contributed by atoms with Crippen molar-refractivity contribution in [2.75, 3.05) is 13.2 Å². The summed E-state index contributed by atoms with van der Waals surface area (Å²) in [6, 6.07) is 21.7. The number of ether oxygens (including phenoxy) is 1. The standard InChI is InChI=1S/C26H23FN2O2/c1-2-31-20-10-6-7-17(16-20)25-24-22(21-11-3-4-12-23(21)28-24)13-14-29(25)26(30)18-8-5-9-19(27)15-18/h3-12,15-16,25,28H,2,13-14H2,1H3/t25-/m1/s1. The lowest BCUT2D eigenvalue weighted by molar-refractivity contribution is 0.0691. The van der Waals surface area contributed by atoms with Crippen molar-refractivity contribution in [1.29, 1.82) is 0 Å². The van der Waals surface area contributed by atoms with Gasteiger partial charge in [-0.15, -0.1) is 0 Å². The molecule has 0 aliphatic carbocycles. The number of hydrogen-bond donors (Lipinski definition) is 1. The number of nitrogens with zero attached hydrogens (tertiary/aromatic N) is 1. The molecule has 3 aromatic carbocycles. The summed E-state index contributed by atoms with van der Waals surface area (Å²) in [4.78, 5) is 18.9. The summed E-state index contributed by atoms with van der Waals surface area (Å²) < 4.78 is 19.6. The molecule has 0 bridgehead atoms. The number of amides is 1. The van der Waals surface area contributed by atoms with E-state index < -0.39 is 5.82 Å². The number of fused-ring (bicyclic) bond motifs is 3. The number of carbonyl (C=O) groups excluding carboxylic acids is 1. The van der Waals surface area contributed by atoms with Crippen LogP contribution in [0.25, 0.3) is 10.9 Å². The molecular weight excluding hydrogens is 391 g/mol. The van der Waals surface area contributed by atoms with E-state index in [1.807, 2.05) is 48.2 Å². The number of hydrogen-bond acceptors (Lipinski definition) is 2. The predicted molar refractivity (Wildman–Crippen MR) is 119 cm³/mol. The normalized spacial score (nSPS) is 15.7. The van der Waals surface area contributed by atoms with Gasteiger partial charge in [-0.25, -0.2) is 4.39 Å². The zero-order valence-electron chi connectivity index (χ0n) is 17.3. The third-order valence-electron chi connectivity index (χ3n) is 5.85. The molecule has 1 amide bonds.